The third-order valence-electron chi connectivity index (χ3n) is 17.2. The summed E-state index contributed by atoms with van der Waals surface area (Å²) in [5.74, 6) is 5.24. The Morgan fingerprint density at radius 2 is 1.45 bits per heavy atom. The molecule has 14 atom stereocenters. The number of fused-ring (bicyclic) bond motifs is 5. The molecule has 3 saturated carbocycles. The van der Waals surface area contributed by atoms with Crippen molar-refractivity contribution in [2.45, 2.75) is 246 Å². The molecule has 7 heteroatoms. The van der Waals surface area contributed by atoms with Gasteiger partial charge in [-0.15, -0.1) is 0 Å². The molecule has 1 heterocycles. The lowest BCUT2D eigenvalue weighted by molar-refractivity contribution is -0.313. The molecule has 0 aromatic heterocycles. The fraction of sp³-hybridized carbons (Fsp3) is 0.941. The van der Waals surface area contributed by atoms with Crippen molar-refractivity contribution >= 4 is 5.97 Å². The molecule has 336 valence electrons. The van der Waals surface area contributed by atoms with Gasteiger partial charge in [0.15, 0.2) is 6.29 Å². The standard InChI is InChI=1S/C51H90O7/c1-8-10-11-12-13-14-15-16-17-18-19-20-21-22-45(52)56-34-44-46(53)47(54)48(55)49(58-44)57-39-29-31-50(6)38(33-39)25-26-40-42-28-27-41(51(42,7)32-30-43(40)50)36(5)23-24-37(9-2)35(3)4/h25,35-37,39-44,46-49,53-55H,8-24,26-34H2,1-7H3/t36-,37+,39+,40-,41-,42+,43+,44-,46-,47+,48-,49-,50+,51-/m1/s1. The van der Waals surface area contributed by atoms with Gasteiger partial charge >= 0.3 is 5.97 Å². The number of unbranched alkanes of at least 4 members (excludes halogenated alkanes) is 12. The van der Waals surface area contributed by atoms with Crippen molar-refractivity contribution in [1.82, 2.24) is 0 Å². The first-order valence-electron chi connectivity index (χ1n) is 25.0. The number of ether oxygens (including phenoxy) is 3. The Kier molecular flexibility index (Phi) is 19.0. The van der Waals surface area contributed by atoms with Crippen molar-refractivity contribution in [2.24, 2.45) is 52.3 Å². The molecule has 1 aliphatic heterocycles. The van der Waals surface area contributed by atoms with E-state index in [0.29, 0.717) is 17.8 Å². The Morgan fingerprint density at radius 3 is 2.09 bits per heavy atom. The van der Waals surface area contributed by atoms with Crippen molar-refractivity contribution in [2.75, 3.05) is 6.61 Å². The summed E-state index contributed by atoms with van der Waals surface area (Å²) < 4.78 is 18.0. The lowest BCUT2D eigenvalue weighted by atomic mass is 9.47. The molecular formula is C51H90O7. The summed E-state index contributed by atoms with van der Waals surface area (Å²) in [6, 6.07) is 0. The average Bonchev–Trinajstić information content (AvgIpc) is 3.56. The van der Waals surface area contributed by atoms with Crippen LogP contribution in [0.1, 0.15) is 209 Å². The summed E-state index contributed by atoms with van der Waals surface area (Å²) >= 11 is 0. The zero-order chi connectivity index (χ0) is 41.9. The van der Waals surface area contributed by atoms with Crippen LogP contribution in [-0.4, -0.2) is 64.7 Å². The molecule has 1 saturated heterocycles. The van der Waals surface area contributed by atoms with Crippen LogP contribution in [0.3, 0.4) is 0 Å². The zero-order valence-electron chi connectivity index (χ0n) is 38.4. The highest BCUT2D eigenvalue weighted by molar-refractivity contribution is 5.69. The average molecular weight is 815 g/mol. The molecule has 0 unspecified atom stereocenters. The lowest BCUT2D eigenvalue weighted by Gasteiger charge is -2.58. The number of aliphatic hydroxyl groups excluding tert-OH is 3. The van der Waals surface area contributed by atoms with Crippen molar-refractivity contribution < 1.29 is 34.3 Å². The summed E-state index contributed by atoms with van der Waals surface area (Å²) in [6.07, 6.45) is 26.1. The predicted molar refractivity (Wildman–Crippen MR) is 235 cm³/mol. The smallest absolute Gasteiger partial charge is 0.305 e. The fourth-order valence-electron chi connectivity index (χ4n) is 13.3. The van der Waals surface area contributed by atoms with Gasteiger partial charge < -0.3 is 29.5 Å². The van der Waals surface area contributed by atoms with E-state index in [1.54, 1.807) is 0 Å². The van der Waals surface area contributed by atoms with Crippen LogP contribution in [0, 0.1) is 52.3 Å². The Bertz CT molecular complexity index is 1250. The Hall–Kier alpha value is -0.990. The van der Waals surface area contributed by atoms with Crippen molar-refractivity contribution in [3.05, 3.63) is 11.6 Å². The first-order chi connectivity index (χ1) is 27.8. The maximum absolute atomic E-state index is 12.6. The SMILES string of the molecule is CCCCCCCCCCCCCCCC(=O)OC[C@H]1O[C@@H](O[C@H]2CC[C@@]3(C)C(=CC[C@@H]4[C@@H]5CC[C@H]([C@H](C)CC[C@H](CC)C(C)C)[C@@]5(C)CC[C@@H]43)C2)[C@H](O)[C@@H](O)[C@@H]1O. The second kappa shape index (κ2) is 22.9. The van der Waals surface area contributed by atoms with Gasteiger partial charge in [-0.05, 0) is 116 Å². The number of allylic oxidation sites excluding steroid dienone is 1. The summed E-state index contributed by atoms with van der Waals surface area (Å²) in [5.41, 5.74) is 2.13. The second-order valence-electron chi connectivity index (χ2n) is 21.1. The molecule has 58 heavy (non-hydrogen) atoms. The number of rotatable bonds is 24. The zero-order valence-corrected chi connectivity index (χ0v) is 38.4. The molecule has 4 fully saturated rings. The van der Waals surface area contributed by atoms with Crippen LogP contribution in [0.5, 0.6) is 0 Å². The first-order valence-corrected chi connectivity index (χ1v) is 25.0. The van der Waals surface area contributed by atoms with Gasteiger partial charge in [-0.1, -0.05) is 150 Å². The maximum Gasteiger partial charge on any atom is 0.305 e. The number of esters is 1. The number of carbonyl (C=O) groups is 1. The Balaban J connectivity index is 1.04. The van der Waals surface area contributed by atoms with Crippen molar-refractivity contribution in [3.63, 3.8) is 0 Å². The maximum atomic E-state index is 12.6. The van der Waals surface area contributed by atoms with Gasteiger partial charge in [0.1, 0.15) is 31.0 Å². The molecule has 4 aliphatic carbocycles. The van der Waals surface area contributed by atoms with E-state index in [0.717, 1.165) is 80.5 Å². The van der Waals surface area contributed by atoms with Gasteiger partial charge in [0.25, 0.3) is 0 Å². The van der Waals surface area contributed by atoms with Gasteiger partial charge in [0.05, 0.1) is 6.10 Å². The number of hydrogen-bond donors (Lipinski definition) is 3. The van der Waals surface area contributed by atoms with E-state index in [1.165, 1.54) is 115 Å². The van der Waals surface area contributed by atoms with Crippen LogP contribution in [0.2, 0.25) is 0 Å². The van der Waals surface area contributed by atoms with Gasteiger partial charge in [-0.25, -0.2) is 0 Å². The molecule has 5 rings (SSSR count). The monoisotopic (exact) mass is 815 g/mol. The predicted octanol–water partition coefficient (Wildman–Crippen LogP) is 11.9. The summed E-state index contributed by atoms with van der Waals surface area (Å²) in [4.78, 5) is 12.6. The van der Waals surface area contributed by atoms with E-state index >= 15 is 0 Å². The quantitative estimate of drug-likeness (QED) is 0.0506. The van der Waals surface area contributed by atoms with Crippen LogP contribution in [0.4, 0.5) is 0 Å². The molecule has 7 nitrogen and oxygen atoms in total. The normalized spacial score (nSPS) is 37.1. The molecule has 0 bridgehead atoms. The van der Waals surface area contributed by atoms with Gasteiger partial charge in [-0.2, -0.15) is 0 Å². The topological polar surface area (TPSA) is 105 Å². The third kappa shape index (κ3) is 11.9. The number of hydrogen-bond acceptors (Lipinski definition) is 7. The van der Waals surface area contributed by atoms with Crippen LogP contribution >= 0.6 is 0 Å². The van der Waals surface area contributed by atoms with Crippen LogP contribution in [0.15, 0.2) is 11.6 Å². The summed E-state index contributed by atoms with van der Waals surface area (Å²) in [5, 5.41) is 32.5. The van der Waals surface area contributed by atoms with Gasteiger partial charge in [0, 0.05) is 6.42 Å². The van der Waals surface area contributed by atoms with Gasteiger partial charge in [-0.3, -0.25) is 4.79 Å². The minimum Gasteiger partial charge on any atom is -0.463 e. The molecule has 0 aromatic carbocycles. The van der Waals surface area contributed by atoms with E-state index in [9.17, 15) is 20.1 Å². The molecular weight excluding hydrogens is 725 g/mol. The Labute approximate surface area is 355 Å². The van der Waals surface area contributed by atoms with E-state index in [1.807, 2.05) is 0 Å². The largest absolute Gasteiger partial charge is 0.463 e. The minimum absolute atomic E-state index is 0.139. The highest BCUT2D eigenvalue weighted by Crippen LogP contribution is 2.67. The molecule has 0 amide bonds. The van der Waals surface area contributed by atoms with Crippen LogP contribution < -0.4 is 0 Å². The highest BCUT2D eigenvalue weighted by Gasteiger charge is 2.59. The van der Waals surface area contributed by atoms with E-state index in [4.69, 9.17) is 14.2 Å². The van der Waals surface area contributed by atoms with E-state index in [-0.39, 0.29) is 24.1 Å². The highest BCUT2D eigenvalue weighted by atomic mass is 16.7. The van der Waals surface area contributed by atoms with Crippen molar-refractivity contribution in [3.8, 4) is 0 Å². The molecule has 0 radical (unpaired) electrons. The first kappa shape index (κ1) is 48.0. The minimum atomic E-state index is -1.44. The fourth-order valence-corrected chi connectivity index (χ4v) is 13.3. The summed E-state index contributed by atoms with van der Waals surface area (Å²) in [6.45, 7) is 17.0. The second-order valence-corrected chi connectivity index (χ2v) is 21.1. The van der Waals surface area contributed by atoms with E-state index < -0.39 is 30.7 Å². The molecule has 5 aliphatic rings. The van der Waals surface area contributed by atoms with Crippen LogP contribution in [0.25, 0.3) is 0 Å². The molecule has 0 aromatic rings. The van der Waals surface area contributed by atoms with Crippen molar-refractivity contribution in [1.29, 1.82) is 0 Å². The van der Waals surface area contributed by atoms with Gasteiger partial charge in [0.2, 0.25) is 0 Å². The molecule has 3 N–H and O–H groups in total. The number of carbonyl (C=O) groups excluding carboxylic acids is 1. The van der Waals surface area contributed by atoms with Crippen LogP contribution in [-0.2, 0) is 19.0 Å². The third-order valence-corrected chi connectivity index (χ3v) is 17.2. The number of aliphatic hydroxyl groups is 3. The Morgan fingerprint density at radius 1 is 0.793 bits per heavy atom. The summed E-state index contributed by atoms with van der Waals surface area (Å²) in [7, 11) is 0. The molecule has 0 spiro atoms. The lowest BCUT2D eigenvalue weighted by Crippen LogP contribution is -2.60. The van der Waals surface area contributed by atoms with E-state index in [2.05, 4.69) is 54.5 Å².